The third kappa shape index (κ3) is 0.688. The fourth-order valence-corrected chi connectivity index (χ4v) is 3.05. The van der Waals surface area contributed by atoms with Crippen LogP contribution in [0, 0.1) is 5.41 Å². The fourth-order valence-electron chi connectivity index (χ4n) is 3.05. The summed E-state index contributed by atoms with van der Waals surface area (Å²) in [5.74, 6) is 0. The maximum atomic E-state index is 4.20. The third-order valence-electron chi connectivity index (χ3n) is 4.34. The summed E-state index contributed by atoms with van der Waals surface area (Å²) in [6, 6.07) is 0. The Labute approximate surface area is 74.4 Å². The molecule has 3 rings (SSSR count). The third-order valence-corrected chi connectivity index (χ3v) is 4.34. The smallest absolute Gasteiger partial charge is 0.00475 e. The Balaban J connectivity index is 1.89. The summed E-state index contributed by atoms with van der Waals surface area (Å²) in [5.41, 5.74) is 5.78. The molecule has 0 bridgehead atoms. The molecule has 0 aromatic rings. The van der Waals surface area contributed by atoms with Crippen LogP contribution in [0.25, 0.3) is 0 Å². The maximum Gasteiger partial charge on any atom is -0.00475 e. The van der Waals surface area contributed by atoms with E-state index in [1.807, 2.05) is 5.57 Å². The topological polar surface area (TPSA) is 0 Å². The van der Waals surface area contributed by atoms with Crippen LogP contribution in [0.4, 0.5) is 0 Å². The molecular formula is C12H16. The first kappa shape index (κ1) is 6.94. The van der Waals surface area contributed by atoms with Crippen molar-refractivity contribution in [3.8, 4) is 0 Å². The van der Waals surface area contributed by atoms with Crippen molar-refractivity contribution in [1.82, 2.24) is 0 Å². The summed E-state index contributed by atoms with van der Waals surface area (Å²) in [5, 5.41) is 0. The molecule has 0 saturated heterocycles. The minimum Gasteiger partial charge on any atom is -0.0993 e. The van der Waals surface area contributed by atoms with Crippen molar-refractivity contribution in [2.45, 2.75) is 44.9 Å². The second-order valence-corrected chi connectivity index (χ2v) is 4.77. The van der Waals surface area contributed by atoms with Gasteiger partial charge in [-0.25, -0.2) is 0 Å². The van der Waals surface area contributed by atoms with Crippen LogP contribution in [-0.2, 0) is 0 Å². The van der Waals surface area contributed by atoms with Crippen molar-refractivity contribution in [3.05, 3.63) is 23.3 Å². The van der Waals surface area contributed by atoms with Crippen LogP contribution in [0.1, 0.15) is 44.9 Å². The first-order valence-electron chi connectivity index (χ1n) is 5.18. The largest absolute Gasteiger partial charge is 0.0993 e. The number of rotatable bonds is 0. The van der Waals surface area contributed by atoms with Gasteiger partial charge < -0.3 is 0 Å². The summed E-state index contributed by atoms with van der Waals surface area (Å²) in [7, 11) is 0. The van der Waals surface area contributed by atoms with E-state index in [4.69, 9.17) is 0 Å². The molecule has 0 amide bonds. The molecule has 0 radical (unpaired) electrons. The maximum absolute atomic E-state index is 4.20. The van der Waals surface area contributed by atoms with Crippen LogP contribution in [0.3, 0.4) is 0 Å². The summed E-state index contributed by atoms with van der Waals surface area (Å²) >= 11 is 0. The number of allylic oxidation sites excluding steroid dienone is 3. The van der Waals surface area contributed by atoms with E-state index < -0.39 is 0 Å². The van der Waals surface area contributed by atoms with Gasteiger partial charge in [-0.05, 0) is 50.4 Å². The van der Waals surface area contributed by atoms with Gasteiger partial charge in [0.25, 0.3) is 0 Å². The van der Waals surface area contributed by atoms with Crippen LogP contribution in [0.5, 0.6) is 0 Å². The Morgan fingerprint density at radius 3 is 2.08 bits per heavy atom. The predicted molar refractivity (Wildman–Crippen MR) is 50.9 cm³/mol. The summed E-state index contributed by atoms with van der Waals surface area (Å²) < 4.78 is 0. The summed E-state index contributed by atoms with van der Waals surface area (Å²) in [4.78, 5) is 0. The van der Waals surface area contributed by atoms with Crippen molar-refractivity contribution in [2.75, 3.05) is 0 Å². The van der Waals surface area contributed by atoms with Gasteiger partial charge in [0.15, 0.2) is 0 Å². The molecule has 12 heavy (non-hydrogen) atoms. The van der Waals surface area contributed by atoms with Crippen LogP contribution < -0.4 is 0 Å². The highest BCUT2D eigenvalue weighted by Crippen LogP contribution is 2.59. The lowest BCUT2D eigenvalue weighted by Gasteiger charge is -2.50. The number of hydrogen-bond donors (Lipinski definition) is 0. The van der Waals surface area contributed by atoms with Crippen molar-refractivity contribution in [3.63, 3.8) is 0 Å². The zero-order valence-corrected chi connectivity index (χ0v) is 7.66. The van der Waals surface area contributed by atoms with Crippen molar-refractivity contribution in [2.24, 2.45) is 5.41 Å². The predicted octanol–water partition coefficient (Wildman–Crippen LogP) is 3.60. The first-order chi connectivity index (χ1) is 5.80. The molecule has 0 aliphatic heterocycles. The van der Waals surface area contributed by atoms with Gasteiger partial charge in [0.1, 0.15) is 0 Å². The first-order valence-corrected chi connectivity index (χ1v) is 5.18. The van der Waals surface area contributed by atoms with E-state index in [9.17, 15) is 0 Å². The average molecular weight is 160 g/mol. The molecule has 1 atom stereocenters. The van der Waals surface area contributed by atoms with E-state index in [0.717, 1.165) is 0 Å². The van der Waals surface area contributed by atoms with Crippen molar-refractivity contribution >= 4 is 0 Å². The van der Waals surface area contributed by atoms with E-state index in [-0.39, 0.29) is 0 Å². The van der Waals surface area contributed by atoms with E-state index in [1.165, 1.54) is 44.9 Å². The summed E-state index contributed by atoms with van der Waals surface area (Å²) in [6.45, 7) is 4.20. The van der Waals surface area contributed by atoms with Gasteiger partial charge in [-0.2, -0.15) is 0 Å². The second-order valence-electron chi connectivity index (χ2n) is 4.77. The Morgan fingerprint density at radius 1 is 0.917 bits per heavy atom. The molecule has 3 aliphatic rings. The highest BCUT2D eigenvalue weighted by Gasteiger charge is 2.44. The van der Waals surface area contributed by atoms with Gasteiger partial charge in [-0.3, -0.25) is 0 Å². The number of hydrogen-bond acceptors (Lipinski definition) is 0. The lowest BCUT2D eigenvalue weighted by molar-refractivity contribution is 0.195. The molecule has 0 heterocycles. The molecule has 0 aromatic carbocycles. The highest BCUT2D eigenvalue weighted by molar-refractivity contribution is 5.35. The molecule has 1 spiro atoms. The molecule has 1 fully saturated rings. The van der Waals surface area contributed by atoms with Crippen LogP contribution in [0.15, 0.2) is 23.3 Å². The van der Waals surface area contributed by atoms with E-state index in [2.05, 4.69) is 6.58 Å². The van der Waals surface area contributed by atoms with Gasteiger partial charge >= 0.3 is 0 Å². The highest BCUT2D eigenvalue weighted by atomic mass is 14.5. The molecule has 0 nitrogen and oxygen atoms in total. The van der Waals surface area contributed by atoms with E-state index in [0.29, 0.717) is 5.41 Å². The molecule has 64 valence electrons. The SMILES string of the molecule is C=C1CCC12CCC1=C(CC1)C2. The second kappa shape index (κ2) is 2.04. The van der Waals surface area contributed by atoms with Crippen LogP contribution >= 0.6 is 0 Å². The zero-order chi connectivity index (χ0) is 8.18. The Bertz CT molecular complexity index is 282. The quantitative estimate of drug-likeness (QED) is 0.475. The van der Waals surface area contributed by atoms with Crippen LogP contribution in [0.2, 0.25) is 0 Å². The molecule has 3 aliphatic carbocycles. The molecule has 1 unspecified atom stereocenters. The van der Waals surface area contributed by atoms with Gasteiger partial charge in [-0.15, -0.1) is 0 Å². The average Bonchev–Trinajstić information content (AvgIpc) is 2.05. The lowest BCUT2D eigenvalue weighted by atomic mass is 9.54. The van der Waals surface area contributed by atoms with Gasteiger partial charge in [-0.1, -0.05) is 23.3 Å². The molecule has 1 saturated carbocycles. The lowest BCUT2D eigenvalue weighted by Crippen LogP contribution is -2.36. The normalized spacial score (nSPS) is 39.2. The van der Waals surface area contributed by atoms with E-state index in [1.54, 1.807) is 11.1 Å². The summed E-state index contributed by atoms with van der Waals surface area (Å²) in [6.07, 6.45) is 9.77. The minimum absolute atomic E-state index is 0.610. The van der Waals surface area contributed by atoms with Crippen molar-refractivity contribution in [1.29, 1.82) is 0 Å². The molecule has 0 heteroatoms. The zero-order valence-electron chi connectivity index (χ0n) is 7.66. The van der Waals surface area contributed by atoms with Gasteiger partial charge in [0, 0.05) is 0 Å². The molecular weight excluding hydrogens is 144 g/mol. The minimum atomic E-state index is 0.610. The van der Waals surface area contributed by atoms with Gasteiger partial charge in [0.05, 0.1) is 0 Å². The standard InChI is InChI=1S/C12H16/c1-9-4-6-12(9)7-5-10-2-3-11(10)8-12/h1-8H2. The molecule has 0 aromatic heterocycles. The Kier molecular flexibility index (Phi) is 1.18. The Hall–Kier alpha value is -0.520. The van der Waals surface area contributed by atoms with Crippen molar-refractivity contribution < 1.29 is 0 Å². The van der Waals surface area contributed by atoms with E-state index >= 15 is 0 Å². The van der Waals surface area contributed by atoms with Crippen LogP contribution in [-0.4, -0.2) is 0 Å². The Morgan fingerprint density at radius 2 is 1.67 bits per heavy atom. The molecule has 0 N–H and O–H groups in total. The monoisotopic (exact) mass is 160 g/mol. The van der Waals surface area contributed by atoms with Gasteiger partial charge in [0.2, 0.25) is 0 Å². The fraction of sp³-hybridized carbons (Fsp3) is 0.667.